The molecule has 2 aromatic heterocycles. The summed E-state index contributed by atoms with van der Waals surface area (Å²) in [4.78, 5) is 24.7. The van der Waals surface area contributed by atoms with Gasteiger partial charge in [0.15, 0.2) is 0 Å². The van der Waals surface area contributed by atoms with E-state index in [0.717, 1.165) is 68.6 Å². The van der Waals surface area contributed by atoms with Crippen LogP contribution in [0.5, 0.6) is 0 Å². The van der Waals surface area contributed by atoms with E-state index >= 15 is 0 Å². The third kappa shape index (κ3) is 5.95. The lowest BCUT2D eigenvalue weighted by Gasteiger charge is -2.08. The summed E-state index contributed by atoms with van der Waals surface area (Å²) in [5.41, 5.74) is 10.3. The second-order valence-electron chi connectivity index (χ2n) is 9.97. The number of ether oxygens (including phenoxy) is 1. The minimum Gasteiger partial charge on any atom is -0.465 e. The molecular weight excluding hydrogens is 576 g/mol. The number of nitrogens with zero attached hydrogens (tertiary/aromatic N) is 3. The van der Waals surface area contributed by atoms with Crippen molar-refractivity contribution in [3.63, 3.8) is 0 Å². The number of aromatic amines is 1. The van der Waals surface area contributed by atoms with Gasteiger partial charge in [0.1, 0.15) is 11.6 Å². The van der Waals surface area contributed by atoms with Gasteiger partial charge < -0.3 is 14.3 Å². The van der Waals surface area contributed by atoms with Crippen LogP contribution in [0.1, 0.15) is 40.7 Å². The third-order valence-corrected chi connectivity index (χ3v) is 7.76. The number of H-pyrrole nitrogens is 1. The van der Waals surface area contributed by atoms with E-state index in [2.05, 4.69) is 70.6 Å². The van der Waals surface area contributed by atoms with Crippen molar-refractivity contribution in [1.29, 1.82) is 0 Å². The molecule has 6 aromatic rings. The Morgan fingerprint density at radius 1 is 0.951 bits per heavy atom. The summed E-state index contributed by atoms with van der Waals surface area (Å²) in [6.45, 7) is 4.29. The lowest BCUT2D eigenvalue weighted by molar-refractivity contribution is 0.0601. The number of esters is 1. The van der Waals surface area contributed by atoms with Gasteiger partial charge in [0, 0.05) is 24.4 Å². The molecule has 1 N–H and O–H groups in total. The summed E-state index contributed by atoms with van der Waals surface area (Å²) in [5, 5.41) is 0.825. The number of benzene rings is 4. The number of hydrogen-bond donors (Lipinski definition) is 1. The Morgan fingerprint density at radius 3 is 2.39 bits per heavy atom. The zero-order chi connectivity index (χ0) is 28.9. The van der Waals surface area contributed by atoms with Crippen LogP contribution in [0.2, 0.25) is 0 Å². The summed E-state index contributed by atoms with van der Waals surface area (Å²) in [6, 6.07) is 28.1. The molecule has 0 spiro atoms. The van der Waals surface area contributed by atoms with Crippen LogP contribution in [-0.2, 0) is 23.5 Å². The molecule has 0 atom stereocenters. The maximum absolute atomic E-state index is 11.7. The molecule has 0 aliphatic heterocycles. The number of halogens is 1. The molecule has 6 nitrogen and oxygen atoms in total. The fourth-order valence-electron chi connectivity index (χ4n) is 5.03. The number of aryl methyl sites for hydroxylation is 3. The third-order valence-electron chi connectivity index (χ3n) is 7.11. The highest BCUT2D eigenvalue weighted by Crippen LogP contribution is 2.29. The van der Waals surface area contributed by atoms with E-state index in [9.17, 15) is 4.79 Å². The first-order valence-electron chi connectivity index (χ1n) is 13.7. The Labute approximate surface area is 248 Å². The summed E-state index contributed by atoms with van der Waals surface area (Å²) in [5.74, 6) is 1.74. The van der Waals surface area contributed by atoms with E-state index in [1.165, 1.54) is 18.2 Å². The first kappa shape index (κ1) is 28.3. The van der Waals surface area contributed by atoms with E-state index in [1.54, 1.807) is 6.07 Å². The average Bonchev–Trinajstić information content (AvgIpc) is 3.58. The standard InChI is InChI=1S/C19H20N4.C15H13BrO2/c1-4-7-17-20-15-11-13(10-12(2)18(15)22-17)19-21-14-8-5-6-9-16(14)23(19)3;1-18-15(17)14-5-3-2-4-13(14)12-8-6-11(10-16)7-9-12/h5-6,8-11H,4,7H2,1-3H3,(H,20,22);2-9H,10H2,1H3. The van der Waals surface area contributed by atoms with Crippen molar-refractivity contribution in [3.05, 3.63) is 107 Å². The Morgan fingerprint density at radius 2 is 1.68 bits per heavy atom. The molecule has 0 amide bonds. The van der Waals surface area contributed by atoms with Crippen LogP contribution in [0.15, 0.2) is 84.9 Å². The molecule has 41 heavy (non-hydrogen) atoms. The van der Waals surface area contributed by atoms with E-state index in [-0.39, 0.29) is 5.97 Å². The number of fused-ring (bicyclic) bond motifs is 2. The van der Waals surface area contributed by atoms with Crippen molar-refractivity contribution < 1.29 is 9.53 Å². The predicted octanol–water partition coefficient (Wildman–Crippen LogP) is 8.41. The van der Waals surface area contributed by atoms with Crippen LogP contribution in [0.25, 0.3) is 44.6 Å². The van der Waals surface area contributed by atoms with Crippen molar-refractivity contribution >= 4 is 44.0 Å². The lowest BCUT2D eigenvalue weighted by atomic mass is 9.99. The number of imidazole rings is 2. The molecule has 0 radical (unpaired) electrons. The maximum atomic E-state index is 11.7. The highest BCUT2D eigenvalue weighted by Gasteiger charge is 2.14. The molecule has 4 aromatic carbocycles. The predicted molar refractivity (Wildman–Crippen MR) is 170 cm³/mol. The van der Waals surface area contributed by atoms with Crippen LogP contribution >= 0.6 is 15.9 Å². The monoisotopic (exact) mass is 608 g/mol. The topological polar surface area (TPSA) is 72.8 Å². The zero-order valence-electron chi connectivity index (χ0n) is 23.7. The molecule has 0 bridgehead atoms. The molecule has 0 fully saturated rings. The van der Waals surface area contributed by atoms with Gasteiger partial charge in [0.05, 0.1) is 34.7 Å². The van der Waals surface area contributed by atoms with Gasteiger partial charge >= 0.3 is 5.97 Å². The molecule has 0 saturated heterocycles. The number of alkyl halides is 1. The number of carbonyl (C=O) groups excluding carboxylic acids is 1. The molecule has 0 aliphatic rings. The molecule has 7 heteroatoms. The largest absolute Gasteiger partial charge is 0.465 e. The number of rotatable bonds is 6. The lowest BCUT2D eigenvalue weighted by Crippen LogP contribution is -2.03. The number of hydrogen-bond acceptors (Lipinski definition) is 4. The second kappa shape index (κ2) is 12.5. The first-order chi connectivity index (χ1) is 19.9. The SMILES string of the molecule is CCCc1nc2c(C)cc(-c3nc4ccccc4n3C)cc2[nH]1.COC(=O)c1ccccc1-c1ccc(CBr)cc1. The minimum atomic E-state index is -0.310. The second-order valence-corrected chi connectivity index (χ2v) is 10.5. The van der Waals surface area contributed by atoms with Crippen molar-refractivity contribution in [3.8, 4) is 22.5 Å². The molecule has 0 unspecified atom stereocenters. The highest BCUT2D eigenvalue weighted by atomic mass is 79.9. The zero-order valence-corrected chi connectivity index (χ0v) is 25.3. The number of para-hydroxylation sites is 2. The number of carbonyl (C=O) groups is 1. The Kier molecular flexibility index (Phi) is 8.64. The fourth-order valence-corrected chi connectivity index (χ4v) is 5.40. The highest BCUT2D eigenvalue weighted by molar-refractivity contribution is 9.08. The molecule has 2 heterocycles. The van der Waals surface area contributed by atoms with Crippen molar-refractivity contribution in [2.24, 2.45) is 7.05 Å². The van der Waals surface area contributed by atoms with Crippen molar-refractivity contribution in [1.82, 2.24) is 19.5 Å². The summed E-state index contributed by atoms with van der Waals surface area (Å²) < 4.78 is 6.95. The van der Waals surface area contributed by atoms with Gasteiger partial charge in [0.2, 0.25) is 0 Å². The first-order valence-corrected chi connectivity index (χ1v) is 14.8. The quantitative estimate of drug-likeness (QED) is 0.152. The summed E-state index contributed by atoms with van der Waals surface area (Å²) in [6.07, 6.45) is 2.08. The van der Waals surface area contributed by atoms with Crippen molar-refractivity contribution in [2.45, 2.75) is 32.0 Å². The summed E-state index contributed by atoms with van der Waals surface area (Å²) >= 11 is 3.41. The van der Waals surface area contributed by atoms with E-state index < -0.39 is 0 Å². The fraction of sp³-hybridized carbons (Fsp3) is 0.206. The van der Waals surface area contributed by atoms with E-state index in [4.69, 9.17) is 14.7 Å². The Hall–Kier alpha value is -4.23. The minimum absolute atomic E-state index is 0.310. The van der Waals surface area contributed by atoms with Crippen molar-refractivity contribution in [2.75, 3.05) is 7.11 Å². The van der Waals surface area contributed by atoms with Gasteiger partial charge in [-0.3, -0.25) is 0 Å². The maximum Gasteiger partial charge on any atom is 0.338 e. The average molecular weight is 610 g/mol. The molecule has 6 rings (SSSR count). The molecular formula is C34H33BrN4O2. The van der Waals surface area contributed by atoms with Crippen LogP contribution < -0.4 is 0 Å². The van der Waals surface area contributed by atoms with Gasteiger partial charge in [0.25, 0.3) is 0 Å². The van der Waals surface area contributed by atoms with Crippen LogP contribution in [0.4, 0.5) is 0 Å². The van der Waals surface area contributed by atoms with Crippen LogP contribution in [0, 0.1) is 6.92 Å². The molecule has 0 aliphatic carbocycles. The Balaban J connectivity index is 0.000000170. The number of methoxy groups -OCH3 is 1. The van der Waals surface area contributed by atoms with Gasteiger partial charge in [-0.1, -0.05) is 77.5 Å². The van der Waals surface area contributed by atoms with Gasteiger partial charge in [-0.2, -0.15) is 0 Å². The van der Waals surface area contributed by atoms with Gasteiger partial charge in [-0.15, -0.1) is 0 Å². The van der Waals surface area contributed by atoms with Gasteiger partial charge in [-0.05, 0) is 65.9 Å². The molecule has 208 valence electrons. The van der Waals surface area contributed by atoms with Gasteiger partial charge in [-0.25, -0.2) is 14.8 Å². The summed E-state index contributed by atoms with van der Waals surface area (Å²) in [7, 11) is 3.46. The number of aromatic nitrogens is 4. The van der Waals surface area contributed by atoms with Crippen LogP contribution in [0.3, 0.4) is 0 Å². The van der Waals surface area contributed by atoms with E-state index in [0.29, 0.717) is 5.56 Å². The molecule has 0 saturated carbocycles. The smallest absolute Gasteiger partial charge is 0.338 e. The number of nitrogens with one attached hydrogen (secondary N) is 1. The Bertz CT molecular complexity index is 1820. The van der Waals surface area contributed by atoms with E-state index in [1.807, 2.05) is 54.6 Å². The normalized spacial score (nSPS) is 11.0. The van der Waals surface area contributed by atoms with Crippen LogP contribution in [-0.4, -0.2) is 32.6 Å².